The molecule has 0 unspecified atom stereocenters. The molecule has 140 valence electrons. The van der Waals surface area contributed by atoms with Gasteiger partial charge in [0.05, 0.1) is 7.11 Å². The first kappa shape index (κ1) is 19.4. The maximum absolute atomic E-state index is 12.3. The van der Waals surface area contributed by atoms with E-state index in [4.69, 9.17) is 9.47 Å². The minimum absolute atomic E-state index is 0.361. The van der Waals surface area contributed by atoms with Gasteiger partial charge in [0.2, 0.25) is 5.78 Å². The minimum Gasteiger partial charge on any atom is -0.497 e. The summed E-state index contributed by atoms with van der Waals surface area (Å²) >= 11 is 0. The van der Waals surface area contributed by atoms with Crippen LogP contribution in [0.25, 0.3) is 0 Å². The minimum atomic E-state index is -1.05. The fraction of sp³-hybridized carbons (Fsp3) is 0.444. The summed E-state index contributed by atoms with van der Waals surface area (Å²) in [5.41, 5.74) is -0.665. The molecule has 26 heavy (non-hydrogen) atoms. The van der Waals surface area contributed by atoms with Crippen molar-refractivity contribution in [3.8, 4) is 5.75 Å². The standard InChI is InChI=1S/C18H22N2O6/c1-5-18(3)16(23)20(17(24)19-18)10-14(21)26-11(2)15(22)12-6-8-13(25-4)9-7-12/h6-9,11H,5,10H2,1-4H3,(H,19,24)/t11-,18-/m0/s1. The average Bonchev–Trinajstić information content (AvgIpc) is 2.84. The van der Waals surface area contributed by atoms with Crippen LogP contribution in [0.1, 0.15) is 37.6 Å². The van der Waals surface area contributed by atoms with E-state index in [1.54, 1.807) is 38.1 Å². The average molecular weight is 362 g/mol. The maximum Gasteiger partial charge on any atom is 0.326 e. The molecule has 0 spiro atoms. The lowest BCUT2D eigenvalue weighted by Gasteiger charge is -2.19. The molecule has 0 bridgehead atoms. The number of benzene rings is 1. The lowest BCUT2D eigenvalue weighted by Crippen LogP contribution is -2.43. The Hall–Kier alpha value is -2.90. The Kier molecular flexibility index (Phi) is 5.64. The van der Waals surface area contributed by atoms with Crippen molar-refractivity contribution in [3.05, 3.63) is 29.8 Å². The van der Waals surface area contributed by atoms with Gasteiger partial charge in [-0.05, 0) is 44.5 Å². The molecule has 0 aromatic heterocycles. The van der Waals surface area contributed by atoms with E-state index in [2.05, 4.69) is 5.32 Å². The number of nitrogens with zero attached hydrogens (tertiary/aromatic N) is 1. The van der Waals surface area contributed by atoms with E-state index in [9.17, 15) is 19.2 Å². The van der Waals surface area contributed by atoms with Crippen LogP contribution >= 0.6 is 0 Å². The third kappa shape index (κ3) is 3.84. The highest BCUT2D eigenvalue weighted by Gasteiger charge is 2.47. The van der Waals surface area contributed by atoms with Gasteiger partial charge in [-0.15, -0.1) is 0 Å². The summed E-state index contributed by atoms with van der Waals surface area (Å²) in [4.78, 5) is 49.4. The number of urea groups is 1. The molecule has 0 radical (unpaired) electrons. The van der Waals surface area contributed by atoms with E-state index in [0.717, 1.165) is 4.90 Å². The summed E-state index contributed by atoms with van der Waals surface area (Å²) < 4.78 is 10.1. The van der Waals surface area contributed by atoms with Crippen molar-refractivity contribution >= 4 is 23.7 Å². The molecule has 1 N–H and O–H groups in total. The second kappa shape index (κ2) is 7.55. The first-order valence-electron chi connectivity index (χ1n) is 8.23. The van der Waals surface area contributed by atoms with Crippen LogP contribution in [-0.4, -0.2) is 53.9 Å². The van der Waals surface area contributed by atoms with Crippen LogP contribution in [0.4, 0.5) is 4.79 Å². The summed E-state index contributed by atoms with van der Waals surface area (Å²) in [5, 5.41) is 2.55. The number of ether oxygens (including phenoxy) is 2. The summed E-state index contributed by atoms with van der Waals surface area (Å²) in [5.74, 6) is -1.11. The highest BCUT2D eigenvalue weighted by atomic mass is 16.5. The summed E-state index contributed by atoms with van der Waals surface area (Å²) in [7, 11) is 1.51. The first-order chi connectivity index (χ1) is 12.2. The fourth-order valence-corrected chi connectivity index (χ4v) is 2.54. The molecule has 1 heterocycles. The summed E-state index contributed by atoms with van der Waals surface area (Å²) in [6, 6.07) is 5.73. The SMILES string of the molecule is CC[C@]1(C)NC(=O)N(CC(=O)O[C@@H](C)C(=O)c2ccc(OC)cc2)C1=O. The molecular formula is C18H22N2O6. The molecular weight excluding hydrogens is 340 g/mol. The number of carbonyl (C=O) groups is 4. The Morgan fingerprint density at radius 2 is 1.85 bits per heavy atom. The van der Waals surface area contributed by atoms with Crippen molar-refractivity contribution in [2.24, 2.45) is 0 Å². The number of hydrogen-bond donors (Lipinski definition) is 1. The van der Waals surface area contributed by atoms with Gasteiger partial charge in [0, 0.05) is 5.56 Å². The normalized spacial score (nSPS) is 20.5. The number of hydrogen-bond acceptors (Lipinski definition) is 6. The lowest BCUT2D eigenvalue weighted by molar-refractivity contribution is -0.149. The molecule has 2 atom stereocenters. The molecule has 8 nitrogen and oxygen atoms in total. The first-order valence-corrected chi connectivity index (χ1v) is 8.23. The van der Waals surface area contributed by atoms with Crippen LogP contribution < -0.4 is 10.1 Å². The zero-order valence-corrected chi connectivity index (χ0v) is 15.2. The van der Waals surface area contributed by atoms with Crippen molar-refractivity contribution in [2.45, 2.75) is 38.8 Å². The Bertz CT molecular complexity index is 730. The van der Waals surface area contributed by atoms with Crippen LogP contribution in [-0.2, 0) is 14.3 Å². The summed E-state index contributed by atoms with van der Waals surface area (Å²) in [6.45, 7) is 4.25. The van der Waals surface area contributed by atoms with E-state index in [1.807, 2.05) is 0 Å². The highest BCUT2D eigenvalue weighted by molar-refractivity contribution is 6.08. The van der Waals surface area contributed by atoms with E-state index >= 15 is 0 Å². The number of carbonyl (C=O) groups excluding carboxylic acids is 4. The zero-order chi connectivity index (χ0) is 19.5. The van der Waals surface area contributed by atoms with Gasteiger partial charge >= 0.3 is 12.0 Å². The molecule has 1 aromatic carbocycles. The molecule has 8 heteroatoms. The monoisotopic (exact) mass is 362 g/mol. The van der Waals surface area contributed by atoms with Crippen LogP contribution in [0.15, 0.2) is 24.3 Å². The Labute approximate surface area is 151 Å². The van der Waals surface area contributed by atoms with Crippen LogP contribution in [0.3, 0.4) is 0 Å². The number of amides is 3. The number of ketones is 1. The van der Waals surface area contributed by atoms with Crippen LogP contribution in [0, 0.1) is 0 Å². The molecule has 1 aromatic rings. The predicted octanol–water partition coefficient (Wildman–Crippen LogP) is 1.53. The van der Waals surface area contributed by atoms with Gasteiger partial charge in [0.25, 0.3) is 5.91 Å². The predicted molar refractivity (Wildman–Crippen MR) is 91.8 cm³/mol. The number of rotatable bonds is 7. The second-order valence-electron chi connectivity index (χ2n) is 6.23. The Morgan fingerprint density at radius 3 is 2.35 bits per heavy atom. The van der Waals surface area contributed by atoms with Crippen LogP contribution in [0.5, 0.6) is 5.75 Å². The van der Waals surface area contributed by atoms with Crippen molar-refractivity contribution in [1.29, 1.82) is 0 Å². The second-order valence-corrected chi connectivity index (χ2v) is 6.23. The number of esters is 1. The molecule has 3 amide bonds. The quantitative estimate of drug-likeness (QED) is 0.448. The molecule has 1 aliphatic heterocycles. The topological polar surface area (TPSA) is 102 Å². The number of Topliss-reactive ketones (excluding diaryl/α,β-unsaturated/α-hetero) is 1. The van der Waals surface area contributed by atoms with Gasteiger partial charge in [-0.2, -0.15) is 0 Å². The van der Waals surface area contributed by atoms with Crippen molar-refractivity contribution in [2.75, 3.05) is 13.7 Å². The van der Waals surface area contributed by atoms with E-state index in [0.29, 0.717) is 17.7 Å². The van der Waals surface area contributed by atoms with E-state index in [1.165, 1.54) is 14.0 Å². The van der Waals surface area contributed by atoms with Crippen molar-refractivity contribution in [1.82, 2.24) is 10.2 Å². The van der Waals surface area contributed by atoms with Crippen molar-refractivity contribution < 1.29 is 28.7 Å². The third-order valence-corrected chi connectivity index (χ3v) is 4.39. The molecule has 1 aliphatic rings. The smallest absolute Gasteiger partial charge is 0.326 e. The van der Waals surface area contributed by atoms with Crippen molar-refractivity contribution in [3.63, 3.8) is 0 Å². The molecule has 2 rings (SSSR count). The van der Waals surface area contributed by atoms with Gasteiger partial charge < -0.3 is 14.8 Å². The van der Waals surface area contributed by atoms with E-state index in [-0.39, 0.29) is 0 Å². The molecule has 0 aliphatic carbocycles. The van der Waals surface area contributed by atoms with Gasteiger partial charge in [-0.1, -0.05) is 6.92 Å². The number of nitrogens with one attached hydrogen (secondary N) is 1. The Balaban J connectivity index is 1.97. The molecule has 0 saturated carbocycles. The maximum atomic E-state index is 12.3. The fourth-order valence-electron chi connectivity index (χ4n) is 2.54. The van der Waals surface area contributed by atoms with Gasteiger partial charge in [0.15, 0.2) is 6.10 Å². The molecule has 1 saturated heterocycles. The van der Waals surface area contributed by atoms with E-state index < -0.39 is 41.9 Å². The number of imide groups is 1. The lowest BCUT2D eigenvalue weighted by atomic mass is 9.99. The van der Waals surface area contributed by atoms with Gasteiger partial charge in [-0.25, -0.2) is 4.79 Å². The largest absolute Gasteiger partial charge is 0.497 e. The number of methoxy groups -OCH3 is 1. The summed E-state index contributed by atoms with van der Waals surface area (Å²) in [6.07, 6.45) is -0.649. The van der Waals surface area contributed by atoms with Crippen LogP contribution in [0.2, 0.25) is 0 Å². The zero-order valence-electron chi connectivity index (χ0n) is 15.2. The highest BCUT2D eigenvalue weighted by Crippen LogP contribution is 2.21. The van der Waals surface area contributed by atoms with Gasteiger partial charge in [0.1, 0.15) is 17.8 Å². The van der Waals surface area contributed by atoms with Gasteiger partial charge in [-0.3, -0.25) is 19.3 Å². The third-order valence-electron chi connectivity index (χ3n) is 4.39. The Morgan fingerprint density at radius 1 is 1.23 bits per heavy atom. The molecule has 1 fully saturated rings.